The van der Waals surface area contributed by atoms with Gasteiger partial charge in [0.15, 0.2) is 0 Å². The highest BCUT2D eigenvalue weighted by Gasteiger charge is 2.26. The maximum atomic E-state index is 12.1. The number of pyridine rings is 1. The lowest BCUT2D eigenvalue weighted by atomic mass is 10.1. The van der Waals surface area contributed by atoms with Gasteiger partial charge in [0.2, 0.25) is 11.8 Å². The number of likely N-dealkylation sites (N-methyl/N-ethyl adjacent to an activating group) is 1. The highest BCUT2D eigenvalue weighted by atomic mass is 16.5. The number of benzene rings is 1. The summed E-state index contributed by atoms with van der Waals surface area (Å²) in [4.78, 5) is 32.4. The van der Waals surface area contributed by atoms with E-state index < -0.39 is 0 Å². The topological polar surface area (TPSA) is 134 Å². The van der Waals surface area contributed by atoms with Gasteiger partial charge in [-0.3, -0.25) is 4.79 Å². The zero-order valence-electron chi connectivity index (χ0n) is 22.4. The van der Waals surface area contributed by atoms with Gasteiger partial charge in [-0.15, -0.1) is 0 Å². The summed E-state index contributed by atoms with van der Waals surface area (Å²) >= 11 is 0. The summed E-state index contributed by atoms with van der Waals surface area (Å²) in [7, 11) is 2.10. The van der Waals surface area contributed by atoms with Crippen LogP contribution >= 0.6 is 0 Å². The molecule has 3 N–H and O–H groups in total. The third-order valence-electron chi connectivity index (χ3n) is 7.45. The number of aryl methyl sites for hydroxylation is 1. The van der Waals surface area contributed by atoms with E-state index in [4.69, 9.17) is 30.6 Å². The normalized spacial score (nSPS) is 17.8. The largest absolute Gasteiger partial charge is 0.462 e. The van der Waals surface area contributed by atoms with Gasteiger partial charge in [0.05, 0.1) is 10.9 Å². The van der Waals surface area contributed by atoms with Crippen molar-refractivity contribution in [1.29, 1.82) is 5.41 Å². The molecule has 0 saturated carbocycles. The van der Waals surface area contributed by atoms with Crippen LogP contribution in [0.15, 0.2) is 37.1 Å². The van der Waals surface area contributed by atoms with Crippen LogP contribution in [0.3, 0.4) is 0 Å². The number of nitrogen functional groups attached to an aromatic ring is 1. The van der Waals surface area contributed by atoms with Crippen molar-refractivity contribution in [3.05, 3.63) is 48.2 Å². The lowest BCUT2D eigenvalue weighted by Gasteiger charge is -2.35. The molecule has 11 heteroatoms. The van der Waals surface area contributed by atoms with Gasteiger partial charge in [-0.25, -0.2) is 4.98 Å². The molecule has 1 aromatic carbocycles. The Bertz CT molecular complexity index is 1400. The molecule has 2 saturated heterocycles. The van der Waals surface area contributed by atoms with Crippen LogP contribution in [-0.2, 0) is 4.79 Å². The number of nitrogens with zero attached hydrogens (tertiary/aromatic N) is 6. The number of nitrogens with two attached hydrogens (primary N) is 1. The van der Waals surface area contributed by atoms with Gasteiger partial charge in [-0.2, -0.15) is 9.97 Å². The number of carbonyl (C=O) groups is 1. The quantitative estimate of drug-likeness (QED) is 0.256. The average Bonchev–Trinajstić information content (AvgIpc) is 3.37. The molecule has 2 aliphatic rings. The molecule has 0 spiro atoms. The SMILES string of the molecule is C=CC(=O)N1CCN(c2nc(OC[C@@H]3CCCN3C)nc3c(Oc4c(C)ccc(N)c4C=N)nccc23)CC1. The lowest BCUT2D eigenvalue weighted by molar-refractivity contribution is -0.126. The molecule has 5 rings (SSSR count). The minimum atomic E-state index is -0.0775. The number of piperazine rings is 1. The Morgan fingerprint density at radius 3 is 2.69 bits per heavy atom. The number of aromatic nitrogens is 3. The monoisotopic (exact) mass is 530 g/mol. The highest BCUT2D eigenvalue weighted by Crippen LogP contribution is 2.36. The van der Waals surface area contributed by atoms with E-state index in [9.17, 15) is 4.79 Å². The van der Waals surface area contributed by atoms with E-state index in [2.05, 4.69) is 28.4 Å². The fourth-order valence-electron chi connectivity index (χ4n) is 5.11. The van der Waals surface area contributed by atoms with Gasteiger partial charge in [-0.05, 0) is 57.1 Å². The molecule has 0 bridgehead atoms. The van der Waals surface area contributed by atoms with Crippen LogP contribution in [0, 0.1) is 12.3 Å². The van der Waals surface area contributed by atoms with Crippen LogP contribution in [0.2, 0.25) is 0 Å². The van der Waals surface area contributed by atoms with Gasteiger partial charge in [0.25, 0.3) is 0 Å². The van der Waals surface area contributed by atoms with E-state index in [-0.39, 0.29) is 17.8 Å². The predicted molar refractivity (Wildman–Crippen MR) is 151 cm³/mol. The van der Waals surface area contributed by atoms with Crippen molar-refractivity contribution < 1.29 is 14.3 Å². The molecule has 2 aliphatic heterocycles. The number of anilines is 2. The minimum Gasteiger partial charge on any atom is -0.462 e. The molecule has 11 nitrogen and oxygen atoms in total. The Kier molecular flexibility index (Phi) is 7.60. The van der Waals surface area contributed by atoms with Crippen molar-refractivity contribution >= 4 is 34.5 Å². The van der Waals surface area contributed by atoms with Crippen LogP contribution in [0.25, 0.3) is 10.9 Å². The molecule has 4 heterocycles. The molecule has 1 atom stereocenters. The Labute approximate surface area is 227 Å². The number of amides is 1. The molecule has 204 valence electrons. The number of ether oxygens (including phenoxy) is 2. The average molecular weight is 531 g/mol. The summed E-state index contributed by atoms with van der Waals surface area (Å²) in [5, 5.41) is 8.63. The maximum absolute atomic E-state index is 12.1. The second kappa shape index (κ2) is 11.2. The first-order valence-electron chi connectivity index (χ1n) is 13.1. The van der Waals surface area contributed by atoms with Crippen molar-refractivity contribution in [3.63, 3.8) is 0 Å². The molecule has 2 fully saturated rings. The van der Waals surface area contributed by atoms with E-state index in [1.165, 1.54) is 12.3 Å². The number of carbonyl (C=O) groups excluding carboxylic acids is 1. The Balaban J connectivity index is 1.54. The van der Waals surface area contributed by atoms with Crippen LogP contribution in [0.1, 0.15) is 24.0 Å². The number of likely N-dealkylation sites (tertiary alicyclic amines) is 1. The van der Waals surface area contributed by atoms with Crippen LogP contribution in [0.4, 0.5) is 11.5 Å². The van der Waals surface area contributed by atoms with E-state index in [0.717, 1.165) is 30.3 Å². The van der Waals surface area contributed by atoms with Gasteiger partial charge in [-0.1, -0.05) is 12.6 Å². The van der Waals surface area contributed by atoms with E-state index in [1.54, 1.807) is 17.2 Å². The summed E-state index contributed by atoms with van der Waals surface area (Å²) in [5.74, 6) is 1.35. The van der Waals surface area contributed by atoms with Crippen molar-refractivity contribution in [3.8, 4) is 17.6 Å². The van der Waals surface area contributed by atoms with Crippen molar-refractivity contribution in [2.75, 3.05) is 57.0 Å². The zero-order chi connectivity index (χ0) is 27.5. The van der Waals surface area contributed by atoms with Gasteiger partial charge < -0.3 is 35.3 Å². The predicted octanol–water partition coefficient (Wildman–Crippen LogP) is 3.01. The Hall–Kier alpha value is -4.25. The fourth-order valence-corrected chi connectivity index (χ4v) is 5.11. The second-order valence-corrected chi connectivity index (χ2v) is 9.91. The van der Waals surface area contributed by atoms with Crippen LogP contribution in [0.5, 0.6) is 17.6 Å². The number of rotatable bonds is 8. The fraction of sp³-hybridized carbons (Fsp3) is 0.393. The first kappa shape index (κ1) is 26.4. The molecule has 1 amide bonds. The molecule has 0 aliphatic carbocycles. The molecular formula is C28H34N8O3. The standard InChI is InChI=1S/C28H34N8O3/c1-4-23(37)35-12-14-36(15-13-35)26-20-9-10-31-27(39-25-18(2)7-8-22(30)21(25)16-29)24(20)32-28(33-26)38-17-19-6-5-11-34(19)3/h4,7-10,16,19,29H,1,5-6,11-15,17,30H2,2-3H3/t19-/m0/s1. The number of fused-ring (bicyclic) bond motifs is 1. The van der Waals surface area contributed by atoms with Crippen molar-refractivity contribution in [2.45, 2.75) is 25.8 Å². The molecule has 0 unspecified atom stereocenters. The van der Waals surface area contributed by atoms with Crippen LogP contribution < -0.4 is 20.1 Å². The van der Waals surface area contributed by atoms with Gasteiger partial charge >= 0.3 is 6.01 Å². The number of hydrogen-bond acceptors (Lipinski definition) is 10. The number of hydrogen-bond donors (Lipinski definition) is 2. The van der Waals surface area contributed by atoms with E-state index >= 15 is 0 Å². The second-order valence-electron chi connectivity index (χ2n) is 9.91. The maximum Gasteiger partial charge on any atom is 0.319 e. The zero-order valence-corrected chi connectivity index (χ0v) is 22.4. The summed E-state index contributed by atoms with van der Waals surface area (Å²) in [6.07, 6.45) is 6.38. The van der Waals surface area contributed by atoms with Crippen molar-refractivity contribution in [1.82, 2.24) is 24.8 Å². The lowest BCUT2D eigenvalue weighted by Crippen LogP contribution is -2.48. The molecule has 2 aromatic heterocycles. The Morgan fingerprint density at radius 1 is 1.21 bits per heavy atom. The minimum absolute atomic E-state index is 0.0775. The Morgan fingerprint density at radius 2 is 2.00 bits per heavy atom. The van der Waals surface area contributed by atoms with Gasteiger partial charge in [0, 0.05) is 50.3 Å². The third kappa shape index (κ3) is 5.35. The first-order chi connectivity index (χ1) is 18.9. The summed E-state index contributed by atoms with van der Waals surface area (Å²) in [6, 6.07) is 6.01. The summed E-state index contributed by atoms with van der Waals surface area (Å²) in [6.45, 7) is 9.32. The van der Waals surface area contributed by atoms with Gasteiger partial charge in [0.1, 0.15) is 23.7 Å². The molecule has 3 aromatic rings. The summed E-state index contributed by atoms with van der Waals surface area (Å²) < 4.78 is 12.5. The molecule has 0 radical (unpaired) electrons. The highest BCUT2D eigenvalue weighted by molar-refractivity contribution is 5.94. The van der Waals surface area contributed by atoms with E-state index in [0.29, 0.717) is 67.2 Å². The summed E-state index contributed by atoms with van der Waals surface area (Å²) in [5.41, 5.74) is 8.36. The van der Waals surface area contributed by atoms with Crippen LogP contribution in [-0.4, -0.2) is 89.3 Å². The number of nitrogens with one attached hydrogen (secondary N) is 1. The molecule has 39 heavy (non-hydrogen) atoms. The third-order valence-corrected chi connectivity index (χ3v) is 7.45. The smallest absolute Gasteiger partial charge is 0.319 e. The van der Waals surface area contributed by atoms with Crippen molar-refractivity contribution in [2.24, 2.45) is 0 Å². The molecular weight excluding hydrogens is 496 g/mol. The van der Waals surface area contributed by atoms with E-state index in [1.807, 2.05) is 19.1 Å². The first-order valence-corrected chi connectivity index (χ1v) is 13.1.